The van der Waals surface area contributed by atoms with E-state index >= 15 is 0 Å². The number of hydrogen-bond acceptors (Lipinski definition) is 7. The predicted molar refractivity (Wildman–Crippen MR) is 106 cm³/mol. The summed E-state index contributed by atoms with van der Waals surface area (Å²) in [5.74, 6) is -0.255. The number of H-pyrrole nitrogens is 1. The Kier molecular flexibility index (Phi) is 5.11. The van der Waals surface area contributed by atoms with Gasteiger partial charge in [0.05, 0.1) is 11.4 Å². The number of para-hydroxylation sites is 1. The van der Waals surface area contributed by atoms with Gasteiger partial charge in [-0.25, -0.2) is 9.18 Å². The molecule has 2 aromatic heterocycles. The maximum absolute atomic E-state index is 13.9. The number of rotatable bonds is 4. The van der Waals surface area contributed by atoms with Crippen LogP contribution in [-0.4, -0.2) is 28.8 Å². The van der Waals surface area contributed by atoms with Crippen LogP contribution >= 0.6 is 0 Å². The van der Waals surface area contributed by atoms with Crippen molar-refractivity contribution in [1.29, 1.82) is 0 Å². The molecule has 1 aromatic carbocycles. The molecule has 1 N–H and O–H groups in total. The van der Waals surface area contributed by atoms with Crippen LogP contribution < -0.4 is 20.9 Å². The molecule has 3 aromatic rings. The number of aromatic amines is 1. The molecule has 1 saturated heterocycles. The van der Waals surface area contributed by atoms with Gasteiger partial charge in [-0.1, -0.05) is 24.2 Å². The van der Waals surface area contributed by atoms with E-state index in [1.165, 1.54) is 12.1 Å². The van der Waals surface area contributed by atoms with Crippen LogP contribution in [0.5, 0.6) is 6.01 Å². The molecule has 9 heteroatoms. The van der Waals surface area contributed by atoms with Gasteiger partial charge in [-0.15, -0.1) is 0 Å². The van der Waals surface area contributed by atoms with Crippen molar-refractivity contribution in [3.8, 4) is 6.01 Å². The number of halogens is 1. The Balaban J connectivity index is 1.50. The average Bonchev–Trinajstić information content (AvgIpc) is 2.72. The molecule has 0 bridgehead atoms. The SMILES string of the molecule is CCc1cc(=O)oc2nc(ON=C3CCN(c4ccccc4F)CC3)[nH]c(=O)c12. The van der Waals surface area contributed by atoms with Crippen LogP contribution in [0.3, 0.4) is 0 Å². The Labute approximate surface area is 164 Å². The van der Waals surface area contributed by atoms with E-state index in [1.54, 1.807) is 18.2 Å². The standard InChI is InChI=1S/C20H19FN4O4/c1-2-12-11-16(26)28-19-17(12)18(27)22-20(23-19)29-24-13-7-9-25(10-8-13)15-6-4-3-5-14(15)21/h3-6,11H,2,7-10H2,1H3,(H,22,23,27). The molecule has 0 unspecified atom stereocenters. The molecule has 0 atom stereocenters. The molecule has 0 aliphatic carbocycles. The number of benzene rings is 1. The van der Waals surface area contributed by atoms with E-state index in [4.69, 9.17) is 9.25 Å². The molecule has 1 aliphatic rings. The molecule has 0 saturated carbocycles. The largest absolute Gasteiger partial charge is 0.403 e. The molecule has 8 nitrogen and oxygen atoms in total. The smallest absolute Gasteiger partial charge is 0.337 e. The number of hydrogen-bond donors (Lipinski definition) is 1. The van der Waals surface area contributed by atoms with Crippen LogP contribution in [0.25, 0.3) is 11.1 Å². The van der Waals surface area contributed by atoms with Crippen molar-refractivity contribution in [2.75, 3.05) is 18.0 Å². The molecule has 0 radical (unpaired) electrons. The summed E-state index contributed by atoms with van der Waals surface area (Å²) in [5, 5.41) is 4.29. The Morgan fingerprint density at radius 3 is 2.76 bits per heavy atom. The fraction of sp³-hybridized carbons (Fsp3) is 0.300. The second-order valence-corrected chi connectivity index (χ2v) is 6.68. The molecule has 0 amide bonds. The Bertz CT molecular complexity index is 1190. The molecule has 1 aliphatic heterocycles. The van der Waals surface area contributed by atoms with E-state index in [-0.39, 0.29) is 22.9 Å². The second-order valence-electron chi connectivity index (χ2n) is 6.68. The summed E-state index contributed by atoms with van der Waals surface area (Å²) in [7, 11) is 0. The summed E-state index contributed by atoms with van der Waals surface area (Å²) < 4.78 is 19.0. The third kappa shape index (κ3) is 3.89. The molecule has 0 spiro atoms. The summed E-state index contributed by atoms with van der Waals surface area (Å²) in [5.41, 5.74) is 0.773. The quantitative estimate of drug-likeness (QED) is 0.678. The van der Waals surface area contributed by atoms with Crippen molar-refractivity contribution in [3.05, 3.63) is 62.5 Å². The Morgan fingerprint density at radius 2 is 2.03 bits per heavy atom. The Hall–Kier alpha value is -3.49. The molecule has 150 valence electrons. The first-order chi connectivity index (χ1) is 14.0. The highest BCUT2D eigenvalue weighted by atomic mass is 19.1. The van der Waals surface area contributed by atoms with E-state index in [0.717, 1.165) is 5.71 Å². The highest BCUT2D eigenvalue weighted by molar-refractivity contribution is 5.86. The van der Waals surface area contributed by atoms with Crippen LogP contribution in [0.1, 0.15) is 25.3 Å². The molecule has 1 fully saturated rings. The lowest BCUT2D eigenvalue weighted by molar-refractivity contribution is 0.308. The second kappa shape index (κ2) is 7.86. The third-order valence-electron chi connectivity index (χ3n) is 4.85. The lowest BCUT2D eigenvalue weighted by Crippen LogP contribution is -2.34. The first-order valence-corrected chi connectivity index (χ1v) is 9.34. The van der Waals surface area contributed by atoms with Gasteiger partial charge in [-0.3, -0.25) is 9.78 Å². The van der Waals surface area contributed by atoms with Gasteiger partial charge < -0.3 is 14.2 Å². The summed E-state index contributed by atoms with van der Waals surface area (Å²) >= 11 is 0. The zero-order chi connectivity index (χ0) is 20.4. The maximum atomic E-state index is 13.9. The Morgan fingerprint density at radius 1 is 1.28 bits per heavy atom. The minimum Gasteiger partial charge on any atom is -0.403 e. The highest BCUT2D eigenvalue weighted by Crippen LogP contribution is 2.22. The number of oxime groups is 1. The lowest BCUT2D eigenvalue weighted by Gasteiger charge is -2.29. The normalized spacial score (nSPS) is 14.3. The zero-order valence-corrected chi connectivity index (χ0v) is 15.8. The first kappa shape index (κ1) is 18.9. The van der Waals surface area contributed by atoms with Gasteiger partial charge in [0.1, 0.15) is 11.2 Å². The summed E-state index contributed by atoms with van der Waals surface area (Å²) in [6.45, 7) is 3.02. The maximum Gasteiger partial charge on any atom is 0.337 e. The third-order valence-corrected chi connectivity index (χ3v) is 4.85. The zero-order valence-electron chi connectivity index (χ0n) is 15.8. The number of fused-ring (bicyclic) bond motifs is 1. The van der Waals surface area contributed by atoms with Gasteiger partial charge in [-0.05, 0) is 24.1 Å². The topological polar surface area (TPSA) is 101 Å². The lowest BCUT2D eigenvalue weighted by atomic mass is 10.1. The van der Waals surface area contributed by atoms with Crippen molar-refractivity contribution in [2.45, 2.75) is 26.2 Å². The van der Waals surface area contributed by atoms with Crippen molar-refractivity contribution >= 4 is 22.5 Å². The van der Waals surface area contributed by atoms with Gasteiger partial charge in [-0.2, -0.15) is 4.98 Å². The van der Waals surface area contributed by atoms with Gasteiger partial charge in [0.15, 0.2) is 0 Å². The average molecular weight is 398 g/mol. The van der Waals surface area contributed by atoms with E-state index < -0.39 is 11.2 Å². The monoisotopic (exact) mass is 398 g/mol. The van der Waals surface area contributed by atoms with Crippen LogP contribution in [0.4, 0.5) is 10.1 Å². The molecule has 4 rings (SSSR count). The van der Waals surface area contributed by atoms with E-state index in [9.17, 15) is 14.0 Å². The van der Waals surface area contributed by atoms with Crippen LogP contribution in [0.15, 0.2) is 49.5 Å². The number of aryl methyl sites for hydroxylation is 1. The number of piperidine rings is 1. The number of anilines is 1. The molecule has 3 heterocycles. The van der Waals surface area contributed by atoms with E-state index in [0.29, 0.717) is 43.6 Å². The summed E-state index contributed by atoms with van der Waals surface area (Å²) in [6, 6.07) is 7.77. The number of nitrogens with zero attached hydrogens (tertiary/aromatic N) is 3. The fourth-order valence-corrected chi connectivity index (χ4v) is 3.36. The minimum atomic E-state index is -0.578. The number of nitrogens with one attached hydrogen (secondary N) is 1. The summed E-state index contributed by atoms with van der Waals surface area (Å²) in [6.07, 6.45) is 1.66. The van der Waals surface area contributed by atoms with E-state index in [2.05, 4.69) is 15.1 Å². The van der Waals surface area contributed by atoms with Crippen molar-refractivity contribution in [1.82, 2.24) is 9.97 Å². The highest BCUT2D eigenvalue weighted by Gasteiger charge is 2.19. The molecular formula is C20H19FN4O4. The first-order valence-electron chi connectivity index (χ1n) is 9.34. The van der Waals surface area contributed by atoms with Crippen molar-refractivity contribution in [3.63, 3.8) is 0 Å². The molecular weight excluding hydrogens is 379 g/mol. The minimum absolute atomic E-state index is 0.0809. The van der Waals surface area contributed by atoms with Gasteiger partial charge in [0.25, 0.3) is 5.56 Å². The van der Waals surface area contributed by atoms with Gasteiger partial charge in [0.2, 0.25) is 5.71 Å². The van der Waals surface area contributed by atoms with E-state index in [1.807, 2.05) is 11.8 Å². The fourth-order valence-electron chi connectivity index (χ4n) is 3.36. The van der Waals surface area contributed by atoms with Crippen molar-refractivity contribution in [2.24, 2.45) is 5.16 Å². The molecule has 29 heavy (non-hydrogen) atoms. The van der Waals surface area contributed by atoms with Gasteiger partial charge in [0, 0.05) is 32.0 Å². The van der Waals surface area contributed by atoms with Gasteiger partial charge >= 0.3 is 11.6 Å². The number of aromatic nitrogens is 2. The van der Waals surface area contributed by atoms with Crippen LogP contribution in [-0.2, 0) is 6.42 Å². The van der Waals surface area contributed by atoms with Crippen LogP contribution in [0.2, 0.25) is 0 Å². The predicted octanol–water partition coefficient (Wildman–Crippen LogP) is 2.61. The van der Waals surface area contributed by atoms with Crippen molar-refractivity contribution < 1.29 is 13.6 Å². The van der Waals surface area contributed by atoms with Crippen LogP contribution in [0, 0.1) is 5.82 Å². The summed E-state index contributed by atoms with van der Waals surface area (Å²) in [4.78, 5) is 37.8.